The van der Waals surface area contributed by atoms with Gasteiger partial charge in [0.15, 0.2) is 0 Å². The first kappa shape index (κ1) is 26.1. The Morgan fingerprint density at radius 1 is 1.25 bits per heavy atom. The standard InChI is InChI=1S/C23H39N5O4/c1-14(2)32-23(31)27-13-15(3)28(17(5)30)21-7-6-18(9-22(21)27)19(10-24)11-26-12-20(25)8-16(4)29/h6-7,9,14-16,19-20,26,29H,8,10-13,24-25H2,1-5H3/t15-,16?,19?,20?/m0/s1. The molecule has 3 unspecified atom stereocenters. The zero-order valence-electron chi connectivity index (χ0n) is 19.9. The third kappa shape index (κ3) is 6.65. The lowest BCUT2D eigenvalue weighted by Crippen LogP contribution is -2.51. The molecule has 0 aromatic heterocycles. The van der Waals surface area contributed by atoms with E-state index >= 15 is 0 Å². The van der Waals surface area contributed by atoms with Crippen LogP contribution in [0.25, 0.3) is 0 Å². The van der Waals surface area contributed by atoms with E-state index in [0.717, 1.165) is 5.56 Å². The number of hydrogen-bond acceptors (Lipinski definition) is 7. The fraction of sp³-hybridized carbons (Fsp3) is 0.652. The minimum absolute atomic E-state index is 0.00727. The van der Waals surface area contributed by atoms with Gasteiger partial charge in [-0.05, 0) is 51.8 Å². The van der Waals surface area contributed by atoms with Crippen molar-refractivity contribution in [2.45, 2.75) is 71.2 Å². The van der Waals surface area contributed by atoms with Crippen LogP contribution in [-0.2, 0) is 9.53 Å². The zero-order valence-corrected chi connectivity index (χ0v) is 19.9. The SMILES string of the molecule is CC(=O)N1c2ccc(C(CN)CNCC(N)CC(C)O)cc2N(C(=O)OC(C)C)C[C@@H]1C. The summed E-state index contributed by atoms with van der Waals surface area (Å²) in [5.41, 5.74) is 14.4. The molecule has 9 heteroatoms. The van der Waals surface area contributed by atoms with E-state index in [1.54, 1.807) is 16.7 Å². The number of fused-ring (bicyclic) bond motifs is 1. The summed E-state index contributed by atoms with van der Waals surface area (Å²) in [6.45, 7) is 10.7. The van der Waals surface area contributed by atoms with Crippen LogP contribution in [0.4, 0.5) is 16.2 Å². The topological polar surface area (TPSA) is 134 Å². The highest BCUT2D eigenvalue weighted by Crippen LogP contribution is 2.38. The van der Waals surface area contributed by atoms with Crippen LogP contribution in [0.2, 0.25) is 0 Å². The number of carbonyl (C=O) groups is 2. The number of amides is 2. The maximum absolute atomic E-state index is 12.8. The van der Waals surface area contributed by atoms with Crippen LogP contribution in [-0.4, -0.2) is 67.6 Å². The largest absolute Gasteiger partial charge is 0.446 e. The molecule has 0 bridgehead atoms. The quantitative estimate of drug-likeness (QED) is 0.449. The van der Waals surface area contributed by atoms with Crippen molar-refractivity contribution in [2.75, 3.05) is 36.0 Å². The third-order valence-corrected chi connectivity index (χ3v) is 5.53. The first-order chi connectivity index (χ1) is 15.0. The lowest BCUT2D eigenvalue weighted by Gasteiger charge is -2.40. The Morgan fingerprint density at radius 2 is 1.94 bits per heavy atom. The van der Waals surface area contributed by atoms with Gasteiger partial charge in [0.25, 0.3) is 0 Å². The number of ether oxygens (including phenoxy) is 1. The van der Waals surface area contributed by atoms with Crippen LogP contribution < -0.4 is 26.6 Å². The molecular weight excluding hydrogens is 410 g/mol. The summed E-state index contributed by atoms with van der Waals surface area (Å²) in [6.07, 6.45) is -0.603. The summed E-state index contributed by atoms with van der Waals surface area (Å²) in [7, 11) is 0. The lowest BCUT2D eigenvalue weighted by atomic mass is 9.96. The van der Waals surface area contributed by atoms with Gasteiger partial charge in [0.05, 0.1) is 29.6 Å². The Hall–Kier alpha value is -2.20. The van der Waals surface area contributed by atoms with Crippen LogP contribution in [0.5, 0.6) is 0 Å². The van der Waals surface area contributed by atoms with Crippen LogP contribution in [0.15, 0.2) is 18.2 Å². The number of nitrogens with two attached hydrogens (primary N) is 2. The average molecular weight is 450 g/mol. The van der Waals surface area contributed by atoms with Gasteiger partial charge in [-0.1, -0.05) is 6.07 Å². The summed E-state index contributed by atoms with van der Waals surface area (Å²) in [4.78, 5) is 28.4. The van der Waals surface area contributed by atoms with Gasteiger partial charge in [-0.15, -0.1) is 0 Å². The number of carbonyl (C=O) groups excluding carboxylic acids is 2. The van der Waals surface area contributed by atoms with Crippen molar-refractivity contribution in [2.24, 2.45) is 11.5 Å². The second kappa shape index (κ2) is 11.6. The molecule has 1 aromatic rings. The second-order valence-corrected chi connectivity index (χ2v) is 8.96. The number of nitrogens with zero attached hydrogens (tertiary/aromatic N) is 2. The normalized spacial score (nSPS) is 18.8. The molecule has 4 atom stereocenters. The highest BCUT2D eigenvalue weighted by molar-refractivity contribution is 6.02. The van der Waals surface area contributed by atoms with E-state index in [-0.39, 0.29) is 30.0 Å². The van der Waals surface area contributed by atoms with E-state index in [1.807, 2.05) is 39.0 Å². The molecule has 1 aliphatic rings. The molecule has 1 aromatic carbocycles. The van der Waals surface area contributed by atoms with E-state index < -0.39 is 12.2 Å². The molecule has 2 rings (SSSR count). The second-order valence-electron chi connectivity index (χ2n) is 8.96. The van der Waals surface area contributed by atoms with Gasteiger partial charge in [-0.2, -0.15) is 0 Å². The van der Waals surface area contributed by atoms with E-state index in [0.29, 0.717) is 44.0 Å². The van der Waals surface area contributed by atoms with Crippen molar-refractivity contribution in [3.63, 3.8) is 0 Å². The smallest absolute Gasteiger partial charge is 0.414 e. The van der Waals surface area contributed by atoms with Crippen molar-refractivity contribution >= 4 is 23.4 Å². The van der Waals surface area contributed by atoms with Crippen molar-refractivity contribution < 1.29 is 19.4 Å². The fourth-order valence-electron chi connectivity index (χ4n) is 4.12. The average Bonchev–Trinajstić information content (AvgIpc) is 2.68. The van der Waals surface area contributed by atoms with Crippen LogP contribution in [0.1, 0.15) is 52.5 Å². The molecule has 0 aliphatic carbocycles. The van der Waals surface area contributed by atoms with E-state index in [2.05, 4.69) is 5.32 Å². The predicted molar refractivity (Wildman–Crippen MR) is 127 cm³/mol. The van der Waals surface area contributed by atoms with Gasteiger partial charge >= 0.3 is 6.09 Å². The number of aliphatic hydroxyl groups is 1. The number of anilines is 2. The molecule has 6 N–H and O–H groups in total. The summed E-state index contributed by atoms with van der Waals surface area (Å²) in [6, 6.07) is 5.43. The lowest BCUT2D eigenvalue weighted by molar-refractivity contribution is -0.117. The highest BCUT2D eigenvalue weighted by atomic mass is 16.6. The number of benzene rings is 1. The first-order valence-electron chi connectivity index (χ1n) is 11.3. The molecule has 0 fully saturated rings. The number of aliphatic hydroxyl groups excluding tert-OH is 1. The van der Waals surface area contributed by atoms with Gasteiger partial charge < -0.3 is 31.5 Å². The maximum Gasteiger partial charge on any atom is 0.414 e. The van der Waals surface area contributed by atoms with Gasteiger partial charge in [0, 0.05) is 45.1 Å². The summed E-state index contributed by atoms with van der Waals surface area (Å²) in [5.74, 6) is -0.0836. The third-order valence-electron chi connectivity index (χ3n) is 5.53. The van der Waals surface area contributed by atoms with Gasteiger partial charge in [0.1, 0.15) is 0 Å². The molecular formula is C23H39N5O4. The van der Waals surface area contributed by atoms with Crippen molar-refractivity contribution in [3.05, 3.63) is 23.8 Å². The van der Waals surface area contributed by atoms with Gasteiger partial charge in [0.2, 0.25) is 5.91 Å². The minimum atomic E-state index is -0.444. The van der Waals surface area contributed by atoms with Crippen LogP contribution in [0, 0.1) is 0 Å². The molecule has 0 radical (unpaired) electrons. The maximum atomic E-state index is 12.8. The van der Waals surface area contributed by atoms with E-state index in [4.69, 9.17) is 16.2 Å². The Labute approximate surface area is 191 Å². The molecule has 0 spiro atoms. The molecule has 180 valence electrons. The molecule has 0 saturated heterocycles. The van der Waals surface area contributed by atoms with Gasteiger partial charge in [-0.3, -0.25) is 9.69 Å². The monoisotopic (exact) mass is 449 g/mol. The summed E-state index contributed by atoms with van der Waals surface area (Å²) < 4.78 is 5.45. The Morgan fingerprint density at radius 3 is 2.50 bits per heavy atom. The number of hydrogen-bond donors (Lipinski definition) is 4. The van der Waals surface area contributed by atoms with Gasteiger partial charge in [-0.25, -0.2) is 4.79 Å². The number of nitrogens with one attached hydrogen (secondary N) is 1. The fourth-order valence-corrected chi connectivity index (χ4v) is 4.12. The Bertz CT molecular complexity index is 786. The minimum Gasteiger partial charge on any atom is -0.446 e. The molecule has 9 nitrogen and oxygen atoms in total. The Kier molecular flexibility index (Phi) is 9.45. The summed E-state index contributed by atoms with van der Waals surface area (Å²) >= 11 is 0. The van der Waals surface area contributed by atoms with Crippen molar-refractivity contribution in [1.82, 2.24) is 5.32 Å². The van der Waals surface area contributed by atoms with E-state index in [1.165, 1.54) is 6.92 Å². The molecule has 1 heterocycles. The van der Waals surface area contributed by atoms with E-state index in [9.17, 15) is 14.7 Å². The molecule has 2 amide bonds. The molecule has 1 aliphatic heterocycles. The zero-order chi connectivity index (χ0) is 24.0. The van der Waals surface area contributed by atoms with Crippen LogP contribution in [0.3, 0.4) is 0 Å². The van der Waals surface area contributed by atoms with Crippen LogP contribution >= 0.6 is 0 Å². The Balaban J connectivity index is 2.28. The predicted octanol–water partition coefficient (Wildman–Crippen LogP) is 1.52. The van der Waals surface area contributed by atoms with Crippen molar-refractivity contribution in [3.8, 4) is 0 Å². The first-order valence-corrected chi connectivity index (χ1v) is 11.3. The summed E-state index contributed by atoms with van der Waals surface area (Å²) in [5, 5.41) is 12.8. The number of rotatable bonds is 9. The molecule has 0 saturated carbocycles. The van der Waals surface area contributed by atoms with Crippen molar-refractivity contribution in [1.29, 1.82) is 0 Å². The molecule has 32 heavy (non-hydrogen) atoms. The highest BCUT2D eigenvalue weighted by Gasteiger charge is 2.35.